The van der Waals surface area contributed by atoms with Crippen LogP contribution < -0.4 is 11.0 Å². The first-order valence-corrected chi connectivity index (χ1v) is 11.4. The molecule has 0 atom stereocenters. The van der Waals surface area contributed by atoms with Gasteiger partial charge in [0.15, 0.2) is 5.43 Å². The van der Waals surface area contributed by atoms with E-state index < -0.39 is 0 Å². The fourth-order valence-electron chi connectivity index (χ4n) is 3.95. The molecule has 0 bridgehead atoms. The first kappa shape index (κ1) is 20.5. The maximum Gasteiger partial charge on any atom is 0.286 e. The lowest BCUT2D eigenvalue weighted by atomic mass is 9.86. The van der Waals surface area contributed by atoms with Gasteiger partial charge in [0.05, 0.1) is 10.2 Å². The molecule has 5 rings (SSSR count). The molecule has 0 aliphatic rings. The summed E-state index contributed by atoms with van der Waals surface area (Å²) >= 11 is 1.40. The van der Waals surface area contributed by atoms with Crippen LogP contribution in [0.5, 0.6) is 0 Å². The highest BCUT2D eigenvalue weighted by Crippen LogP contribution is 2.25. The monoisotopic (exact) mass is 444 g/mol. The highest BCUT2D eigenvalue weighted by atomic mass is 32.1. The molecule has 0 aliphatic heterocycles. The molecule has 0 unspecified atom stereocenters. The van der Waals surface area contributed by atoms with Gasteiger partial charge in [-0.05, 0) is 35.6 Å². The number of H-pyrrole nitrogens is 2. The van der Waals surface area contributed by atoms with Gasteiger partial charge in [-0.25, -0.2) is 4.98 Å². The van der Waals surface area contributed by atoms with Gasteiger partial charge in [0.1, 0.15) is 11.0 Å². The van der Waals surface area contributed by atoms with E-state index in [1.807, 2.05) is 31.2 Å². The Labute approximate surface area is 188 Å². The summed E-state index contributed by atoms with van der Waals surface area (Å²) in [5, 5.41) is 3.68. The maximum atomic E-state index is 13.3. The van der Waals surface area contributed by atoms with Crippen LogP contribution in [0.15, 0.2) is 58.1 Å². The van der Waals surface area contributed by atoms with Gasteiger partial charge in [-0.1, -0.05) is 68.5 Å². The average Bonchev–Trinajstić information content (AvgIpc) is 3.31. The molecule has 6 nitrogen and oxygen atoms in total. The van der Waals surface area contributed by atoms with Crippen LogP contribution in [0.25, 0.3) is 26.4 Å². The van der Waals surface area contributed by atoms with E-state index in [2.05, 4.69) is 60.1 Å². The lowest BCUT2D eigenvalue weighted by Crippen LogP contribution is -2.21. The van der Waals surface area contributed by atoms with Crippen LogP contribution in [0.1, 0.15) is 43.2 Å². The first-order valence-electron chi connectivity index (χ1n) is 10.5. The molecule has 0 radical (unpaired) electrons. The summed E-state index contributed by atoms with van der Waals surface area (Å²) in [5.41, 5.74) is 4.32. The van der Waals surface area contributed by atoms with Crippen molar-refractivity contribution in [3.8, 4) is 5.13 Å². The van der Waals surface area contributed by atoms with Crippen LogP contribution in [-0.2, 0) is 11.8 Å². The van der Waals surface area contributed by atoms with E-state index in [9.17, 15) is 9.59 Å². The summed E-state index contributed by atoms with van der Waals surface area (Å²) in [7, 11) is 0. The molecule has 0 amide bonds. The van der Waals surface area contributed by atoms with Crippen LogP contribution >= 0.6 is 11.3 Å². The van der Waals surface area contributed by atoms with Crippen molar-refractivity contribution in [2.75, 3.05) is 0 Å². The number of para-hydroxylation sites is 1. The fourth-order valence-corrected chi connectivity index (χ4v) is 4.88. The number of thiazole rings is 1. The molecule has 3 heterocycles. The van der Waals surface area contributed by atoms with Crippen molar-refractivity contribution in [1.29, 1.82) is 0 Å². The molecule has 162 valence electrons. The molecule has 5 aromatic rings. The van der Waals surface area contributed by atoms with E-state index in [0.29, 0.717) is 22.8 Å². The lowest BCUT2D eigenvalue weighted by Gasteiger charge is -2.19. The molecular formula is C25H24N4O2S. The highest BCUT2D eigenvalue weighted by Gasteiger charge is 2.19. The van der Waals surface area contributed by atoms with Crippen molar-refractivity contribution in [3.05, 3.63) is 91.5 Å². The van der Waals surface area contributed by atoms with E-state index in [4.69, 9.17) is 0 Å². The number of hydrogen-bond donors (Lipinski definition) is 2. The van der Waals surface area contributed by atoms with E-state index in [0.717, 1.165) is 21.5 Å². The molecule has 2 aromatic carbocycles. The van der Waals surface area contributed by atoms with E-state index in [1.54, 1.807) is 0 Å². The Morgan fingerprint density at radius 2 is 1.75 bits per heavy atom. The highest BCUT2D eigenvalue weighted by molar-refractivity contribution is 7.20. The number of nitrogens with one attached hydrogen (secondary N) is 2. The van der Waals surface area contributed by atoms with Gasteiger partial charge in [-0.2, -0.15) is 4.68 Å². The molecule has 0 saturated heterocycles. The second kappa shape index (κ2) is 7.31. The molecule has 3 aromatic heterocycles. The molecule has 0 saturated carbocycles. The van der Waals surface area contributed by atoms with E-state index in [1.165, 1.54) is 21.6 Å². The Hall–Kier alpha value is -3.45. The molecule has 0 aliphatic carbocycles. The molecular weight excluding hydrogens is 420 g/mol. The lowest BCUT2D eigenvalue weighted by molar-refractivity contribution is 0.590. The number of rotatable bonds is 3. The van der Waals surface area contributed by atoms with Gasteiger partial charge >= 0.3 is 0 Å². The zero-order chi connectivity index (χ0) is 22.6. The van der Waals surface area contributed by atoms with Crippen LogP contribution in [0.2, 0.25) is 0 Å². The Balaban J connectivity index is 1.59. The summed E-state index contributed by atoms with van der Waals surface area (Å²) in [6.07, 6.45) is 0.466. The third-order valence-electron chi connectivity index (χ3n) is 5.83. The van der Waals surface area contributed by atoms with Crippen molar-refractivity contribution >= 4 is 32.6 Å². The smallest absolute Gasteiger partial charge is 0.286 e. The summed E-state index contributed by atoms with van der Waals surface area (Å²) < 4.78 is 2.34. The predicted octanol–water partition coefficient (Wildman–Crippen LogP) is 4.81. The molecule has 0 fully saturated rings. The Morgan fingerprint density at radius 1 is 1.03 bits per heavy atom. The van der Waals surface area contributed by atoms with Crippen LogP contribution in [0, 0.1) is 6.92 Å². The average molecular weight is 445 g/mol. The SMILES string of the molecule is Cc1[nH]c2[nH]n(-c3nc4ccccc4s3)c(=O)c2c(=O)c1Cc1ccc(C(C)(C)C)cc1. The molecule has 2 N–H and O–H groups in total. The summed E-state index contributed by atoms with van der Waals surface area (Å²) in [6, 6.07) is 16.0. The third kappa shape index (κ3) is 3.39. The van der Waals surface area contributed by atoms with E-state index in [-0.39, 0.29) is 21.8 Å². The third-order valence-corrected chi connectivity index (χ3v) is 6.85. The van der Waals surface area contributed by atoms with Crippen molar-refractivity contribution in [2.24, 2.45) is 0 Å². The van der Waals surface area contributed by atoms with Crippen LogP contribution in [0.3, 0.4) is 0 Å². The minimum absolute atomic E-state index is 0.0711. The minimum atomic E-state index is -0.385. The number of aryl methyl sites for hydroxylation is 1. The summed E-state index contributed by atoms with van der Waals surface area (Å²) in [6.45, 7) is 8.39. The van der Waals surface area contributed by atoms with Gasteiger partial charge in [0, 0.05) is 17.7 Å². The Kier molecular flexibility index (Phi) is 4.67. The van der Waals surface area contributed by atoms with Crippen molar-refractivity contribution in [3.63, 3.8) is 0 Å². The van der Waals surface area contributed by atoms with Gasteiger partial charge in [0.2, 0.25) is 5.13 Å². The number of pyridine rings is 1. The van der Waals surface area contributed by atoms with Gasteiger partial charge in [-0.3, -0.25) is 14.7 Å². The number of hydrogen-bond acceptors (Lipinski definition) is 4. The summed E-state index contributed by atoms with van der Waals surface area (Å²) in [4.78, 5) is 34.3. The van der Waals surface area contributed by atoms with Crippen LogP contribution in [-0.4, -0.2) is 19.7 Å². The standard InChI is InChI=1S/C25H24N4O2S/c1-14-17(13-15-9-11-16(12-10-15)25(2,3)4)21(30)20-22(26-14)28-29(23(20)31)24-27-18-7-5-6-8-19(18)32-24/h5-12H,13H2,1-4H3,(H2,26,28,30). The fraction of sp³-hybridized carbons (Fsp3) is 0.240. The second-order valence-corrected chi connectivity index (χ2v) is 10.2. The quantitative estimate of drug-likeness (QED) is 0.419. The number of aromatic nitrogens is 4. The van der Waals surface area contributed by atoms with Gasteiger partial charge in [-0.15, -0.1) is 0 Å². The van der Waals surface area contributed by atoms with Crippen LogP contribution in [0.4, 0.5) is 0 Å². The van der Waals surface area contributed by atoms with E-state index >= 15 is 0 Å². The molecule has 0 spiro atoms. The normalized spacial score (nSPS) is 12.1. The summed E-state index contributed by atoms with van der Waals surface area (Å²) in [5.74, 6) is 0. The second-order valence-electron chi connectivity index (χ2n) is 9.15. The van der Waals surface area contributed by atoms with Crippen molar-refractivity contribution < 1.29 is 0 Å². The number of aromatic amines is 2. The number of nitrogens with zero attached hydrogens (tertiary/aromatic N) is 2. The maximum absolute atomic E-state index is 13.3. The zero-order valence-corrected chi connectivity index (χ0v) is 19.3. The van der Waals surface area contributed by atoms with Crippen molar-refractivity contribution in [1.82, 2.24) is 19.7 Å². The molecule has 32 heavy (non-hydrogen) atoms. The van der Waals surface area contributed by atoms with Crippen molar-refractivity contribution in [2.45, 2.75) is 39.5 Å². The number of benzene rings is 2. The first-order chi connectivity index (χ1) is 15.2. The van der Waals surface area contributed by atoms with Gasteiger partial charge in [0.25, 0.3) is 5.56 Å². The molecule has 7 heteroatoms. The minimum Gasteiger partial charge on any atom is -0.343 e. The zero-order valence-electron chi connectivity index (χ0n) is 18.4. The Bertz CT molecular complexity index is 1540. The predicted molar refractivity (Wildman–Crippen MR) is 130 cm³/mol. The Morgan fingerprint density at radius 3 is 2.44 bits per heavy atom. The topological polar surface area (TPSA) is 83.5 Å². The largest absolute Gasteiger partial charge is 0.343 e. The number of fused-ring (bicyclic) bond motifs is 2. The van der Waals surface area contributed by atoms with Gasteiger partial charge < -0.3 is 4.98 Å².